The van der Waals surface area contributed by atoms with E-state index in [1.54, 1.807) is 12.1 Å². The predicted octanol–water partition coefficient (Wildman–Crippen LogP) is 2.85. The topological polar surface area (TPSA) is 17.1 Å². The molecule has 1 aliphatic rings. The molecule has 0 aromatic heterocycles. The largest absolute Gasteiger partial charge is 0.295 e. The minimum absolute atomic E-state index is 0.0464. The second-order valence-corrected chi connectivity index (χ2v) is 3.48. The van der Waals surface area contributed by atoms with Crippen molar-refractivity contribution in [2.45, 2.75) is 25.9 Å². The Kier molecular flexibility index (Phi) is 1.91. The van der Waals surface area contributed by atoms with Crippen LogP contribution in [0.15, 0.2) is 18.2 Å². The number of ketones is 1. The van der Waals surface area contributed by atoms with Crippen molar-refractivity contribution < 1.29 is 9.18 Å². The number of carbonyl (C=O) groups excluding carboxylic acids is 1. The Morgan fingerprint density at radius 3 is 3.00 bits per heavy atom. The van der Waals surface area contributed by atoms with Gasteiger partial charge < -0.3 is 0 Å². The molecule has 0 aliphatic heterocycles. The maximum atomic E-state index is 13.2. The third kappa shape index (κ3) is 1.37. The first kappa shape index (κ1) is 8.42. The SMILES string of the molecule is CC(=O)c1ccc2c(c1)CCC2F. The molecular weight excluding hydrogens is 167 g/mol. The average molecular weight is 178 g/mol. The zero-order valence-electron chi connectivity index (χ0n) is 7.51. The van der Waals surface area contributed by atoms with Crippen LogP contribution in [-0.2, 0) is 6.42 Å². The summed E-state index contributed by atoms with van der Waals surface area (Å²) in [4.78, 5) is 11.0. The summed E-state index contributed by atoms with van der Waals surface area (Å²) in [5.74, 6) is 0.0464. The third-order valence-electron chi connectivity index (χ3n) is 2.55. The fourth-order valence-corrected chi connectivity index (χ4v) is 1.78. The van der Waals surface area contributed by atoms with Gasteiger partial charge in [0.05, 0.1) is 0 Å². The first-order valence-electron chi connectivity index (χ1n) is 4.46. The molecule has 1 aliphatic carbocycles. The number of rotatable bonds is 1. The van der Waals surface area contributed by atoms with E-state index in [4.69, 9.17) is 0 Å². The Balaban J connectivity index is 2.45. The van der Waals surface area contributed by atoms with E-state index in [0.29, 0.717) is 12.0 Å². The molecule has 0 spiro atoms. The molecule has 68 valence electrons. The Morgan fingerprint density at radius 2 is 2.31 bits per heavy atom. The molecule has 1 nitrogen and oxygen atoms in total. The molecule has 13 heavy (non-hydrogen) atoms. The van der Waals surface area contributed by atoms with Crippen LogP contribution in [0.4, 0.5) is 4.39 Å². The molecule has 0 fully saturated rings. The average Bonchev–Trinajstić information content (AvgIpc) is 2.47. The first-order valence-corrected chi connectivity index (χ1v) is 4.46. The summed E-state index contributed by atoms with van der Waals surface area (Å²) in [6.45, 7) is 1.53. The van der Waals surface area contributed by atoms with Gasteiger partial charge in [0.1, 0.15) is 6.17 Å². The maximum absolute atomic E-state index is 13.2. The number of hydrogen-bond donors (Lipinski definition) is 0. The molecule has 1 aromatic rings. The zero-order valence-corrected chi connectivity index (χ0v) is 7.51. The third-order valence-corrected chi connectivity index (χ3v) is 2.55. The summed E-state index contributed by atoms with van der Waals surface area (Å²) in [5.41, 5.74) is 2.46. The van der Waals surface area contributed by atoms with Gasteiger partial charge in [-0.2, -0.15) is 0 Å². The van der Waals surface area contributed by atoms with Crippen molar-refractivity contribution in [3.05, 3.63) is 34.9 Å². The lowest BCUT2D eigenvalue weighted by Gasteiger charge is -2.02. The smallest absolute Gasteiger partial charge is 0.159 e. The molecule has 1 aromatic carbocycles. The Hall–Kier alpha value is -1.18. The minimum atomic E-state index is -0.823. The second kappa shape index (κ2) is 2.95. The first-order chi connectivity index (χ1) is 6.18. The summed E-state index contributed by atoms with van der Waals surface area (Å²) in [5, 5.41) is 0. The normalized spacial score (nSPS) is 20.0. The van der Waals surface area contributed by atoms with Crippen LogP contribution in [0.3, 0.4) is 0 Å². The fourth-order valence-electron chi connectivity index (χ4n) is 1.78. The number of Topliss-reactive ketones (excluding diaryl/α,β-unsaturated/α-hetero) is 1. The molecule has 0 amide bonds. The van der Waals surface area contributed by atoms with Gasteiger partial charge in [0.25, 0.3) is 0 Å². The van der Waals surface area contributed by atoms with Crippen molar-refractivity contribution in [3.63, 3.8) is 0 Å². The van der Waals surface area contributed by atoms with Crippen molar-refractivity contribution in [3.8, 4) is 0 Å². The summed E-state index contributed by atoms with van der Waals surface area (Å²) in [7, 11) is 0. The fraction of sp³-hybridized carbons (Fsp3) is 0.364. The van der Waals surface area contributed by atoms with E-state index in [1.165, 1.54) is 6.92 Å². The van der Waals surface area contributed by atoms with E-state index in [1.807, 2.05) is 6.07 Å². The lowest BCUT2D eigenvalue weighted by Crippen LogP contribution is -1.94. The van der Waals surface area contributed by atoms with Crippen LogP contribution in [0.1, 0.15) is 41.0 Å². The van der Waals surface area contributed by atoms with Gasteiger partial charge in [-0.25, -0.2) is 4.39 Å². The predicted molar refractivity (Wildman–Crippen MR) is 48.6 cm³/mol. The van der Waals surface area contributed by atoms with E-state index < -0.39 is 6.17 Å². The van der Waals surface area contributed by atoms with Gasteiger partial charge in [-0.05, 0) is 37.0 Å². The quantitative estimate of drug-likeness (QED) is 0.604. The lowest BCUT2D eigenvalue weighted by molar-refractivity contribution is 0.101. The highest BCUT2D eigenvalue weighted by molar-refractivity contribution is 5.94. The molecule has 1 atom stereocenters. The van der Waals surface area contributed by atoms with E-state index >= 15 is 0 Å². The molecular formula is C11H11FO. The molecule has 0 heterocycles. The van der Waals surface area contributed by atoms with Crippen LogP contribution in [0, 0.1) is 0 Å². The van der Waals surface area contributed by atoms with E-state index in [2.05, 4.69) is 0 Å². The number of hydrogen-bond acceptors (Lipinski definition) is 1. The molecule has 0 radical (unpaired) electrons. The van der Waals surface area contributed by atoms with Gasteiger partial charge in [0, 0.05) is 5.56 Å². The van der Waals surface area contributed by atoms with Crippen LogP contribution in [-0.4, -0.2) is 5.78 Å². The highest BCUT2D eigenvalue weighted by Gasteiger charge is 2.21. The van der Waals surface area contributed by atoms with Crippen molar-refractivity contribution in [2.75, 3.05) is 0 Å². The van der Waals surface area contributed by atoms with Crippen LogP contribution < -0.4 is 0 Å². The van der Waals surface area contributed by atoms with Crippen molar-refractivity contribution in [1.29, 1.82) is 0 Å². The molecule has 2 heteroatoms. The lowest BCUT2D eigenvalue weighted by atomic mass is 10.0. The second-order valence-electron chi connectivity index (χ2n) is 3.48. The van der Waals surface area contributed by atoms with Crippen LogP contribution in [0.25, 0.3) is 0 Å². The molecule has 0 N–H and O–H groups in total. The van der Waals surface area contributed by atoms with E-state index in [9.17, 15) is 9.18 Å². The zero-order chi connectivity index (χ0) is 9.42. The highest BCUT2D eigenvalue weighted by atomic mass is 19.1. The summed E-state index contributed by atoms with van der Waals surface area (Å²) in [6, 6.07) is 5.26. The number of carbonyl (C=O) groups is 1. The van der Waals surface area contributed by atoms with Gasteiger partial charge >= 0.3 is 0 Å². The van der Waals surface area contributed by atoms with E-state index in [-0.39, 0.29) is 5.78 Å². The van der Waals surface area contributed by atoms with Gasteiger partial charge in [0.15, 0.2) is 5.78 Å². The van der Waals surface area contributed by atoms with Gasteiger partial charge in [-0.15, -0.1) is 0 Å². The number of fused-ring (bicyclic) bond motifs is 1. The van der Waals surface area contributed by atoms with Gasteiger partial charge in [-0.1, -0.05) is 12.1 Å². The van der Waals surface area contributed by atoms with Crippen molar-refractivity contribution >= 4 is 5.78 Å². The van der Waals surface area contributed by atoms with Crippen molar-refractivity contribution in [1.82, 2.24) is 0 Å². The van der Waals surface area contributed by atoms with Crippen LogP contribution in [0.2, 0.25) is 0 Å². The summed E-state index contributed by atoms with van der Waals surface area (Å²) in [6.07, 6.45) is 0.505. The van der Waals surface area contributed by atoms with Crippen LogP contribution in [0.5, 0.6) is 0 Å². The van der Waals surface area contributed by atoms with E-state index in [0.717, 1.165) is 17.5 Å². The molecule has 0 saturated heterocycles. The van der Waals surface area contributed by atoms with Crippen molar-refractivity contribution in [2.24, 2.45) is 0 Å². The highest BCUT2D eigenvalue weighted by Crippen LogP contribution is 2.34. The Bertz CT molecular complexity index is 357. The number of benzene rings is 1. The van der Waals surface area contributed by atoms with Gasteiger partial charge in [-0.3, -0.25) is 4.79 Å². The summed E-state index contributed by atoms with van der Waals surface area (Å²) < 4.78 is 13.2. The van der Waals surface area contributed by atoms with Gasteiger partial charge in [0.2, 0.25) is 0 Å². The minimum Gasteiger partial charge on any atom is -0.295 e. The number of aryl methyl sites for hydroxylation is 1. The maximum Gasteiger partial charge on any atom is 0.159 e. The number of alkyl halides is 1. The van der Waals surface area contributed by atoms with Crippen LogP contribution >= 0.6 is 0 Å². The summed E-state index contributed by atoms with van der Waals surface area (Å²) >= 11 is 0. The Morgan fingerprint density at radius 1 is 1.54 bits per heavy atom. The molecule has 0 saturated carbocycles. The molecule has 2 rings (SSSR count). The Labute approximate surface area is 76.6 Å². The standard InChI is InChI=1S/C11H11FO/c1-7(13)8-2-4-10-9(6-8)3-5-11(10)12/h2,4,6,11H,3,5H2,1H3. The monoisotopic (exact) mass is 178 g/mol. The molecule has 1 unspecified atom stereocenters. The number of halogens is 1. The molecule has 0 bridgehead atoms.